The Bertz CT molecular complexity index is 844. The van der Waals surface area contributed by atoms with Crippen LogP contribution in [0.1, 0.15) is 38.8 Å². The number of halogens is 1. The zero-order valence-electron chi connectivity index (χ0n) is 17.7. The van der Waals surface area contributed by atoms with Crippen molar-refractivity contribution < 1.29 is 18.7 Å². The molecule has 29 heavy (non-hydrogen) atoms. The summed E-state index contributed by atoms with van der Waals surface area (Å²) in [7, 11) is 1.52. The molecule has 0 unspecified atom stereocenters. The first-order valence-corrected chi connectivity index (χ1v) is 9.61. The van der Waals surface area contributed by atoms with Crippen molar-refractivity contribution in [3.05, 3.63) is 65.5 Å². The fourth-order valence-electron chi connectivity index (χ4n) is 3.01. The number of nitrogens with one attached hydrogen (secondary N) is 1. The van der Waals surface area contributed by atoms with Crippen molar-refractivity contribution in [2.45, 2.75) is 45.7 Å². The molecule has 0 radical (unpaired) electrons. The molecule has 0 spiro atoms. The van der Waals surface area contributed by atoms with Gasteiger partial charge in [0.05, 0.1) is 0 Å². The maximum atomic E-state index is 13.2. The highest BCUT2D eigenvalue weighted by molar-refractivity contribution is 5.87. The topological polar surface area (TPSA) is 58.6 Å². The number of carbonyl (C=O) groups excluding carboxylic acids is 2. The highest BCUT2D eigenvalue weighted by Crippen LogP contribution is 2.31. The highest BCUT2D eigenvalue weighted by atomic mass is 19.1. The number of rotatable bonds is 7. The summed E-state index contributed by atoms with van der Waals surface area (Å²) >= 11 is 0. The lowest BCUT2D eigenvalue weighted by Crippen LogP contribution is -2.48. The van der Waals surface area contributed by atoms with Crippen molar-refractivity contribution in [1.82, 2.24) is 10.2 Å². The SMILES string of the molecule is CNC(=O)[C@H](C)N(Cc1ccc(F)cc1)C(=O)COc1ccccc1C(C)(C)C. The van der Waals surface area contributed by atoms with E-state index in [9.17, 15) is 14.0 Å². The van der Waals surface area contributed by atoms with E-state index in [1.165, 1.54) is 24.1 Å². The van der Waals surface area contributed by atoms with Crippen LogP contribution in [0.2, 0.25) is 0 Å². The lowest BCUT2D eigenvalue weighted by atomic mass is 9.86. The predicted molar refractivity (Wildman–Crippen MR) is 111 cm³/mol. The number of amides is 2. The van der Waals surface area contributed by atoms with Gasteiger partial charge in [0, 0.05) is 13.6 Å². The summed E-state index contributed by atoms with van der Waals surface area (Å²) in [5, 5.41) is 2.56. The molecular formula is C23H29FN2O3. The summed E-state index contributed by atoms with van der Waals surface area (Å²) in [5.74, 6) is -0.319. The third-order valence-corrected chi connectivity index (χ3v) is 4.73. The fourth-order valence-corrected chi connectivity index (χ4v) is 3.01. The van der Waals surface area contributed by atoms with E-state index in [1.54, 1.807) is 19.1 Å². The van der Waals surface area contributed by atoms with Gasteiger partial charge in [0.15, 0.2) is 6.61 Å². The molecule has 0 saturated carbocycles. The molecule has 2 aromatic rings. The van der Waals surface area contributed by atoms with E-state index in [0.29, 0.717) is 5.75 Å². The van der Waals surface area contributed by atoms with Crippen LogP contribution < -0.4 is 10.1 Å². The van der Waals surface area contributed by atoms with Crippen LogP contribution in [0, 0.1) is 5.82 Å². The normalized spacial score (nSPS) is 12.2. The number of hydrogen-bond acceptors (Lipinski definition) is 3. The van der Waals surface area contributed by atoms with E-state index in [2.05, 4.69) is 26.1 Å². The summed E-state index contributed by atoms with van der Waals surface area (Å²) < 4.78 is 19.0. The summed E-state index contributed by atoms with van der Waals surface area (Å²) in [5.41, 5.74) is 1.59. The summed E-state index contributed by atoms with van der Waals surface area (Å²) in [6.45, 7) is 7.86. The first kappa shape index (κ1) is 22.4. The molecule has 1 atom stereocenters. The number of benzene rings is 2. The van der Waals surface area contributed by atoms with E-state index < -0.39 is 6.04 Å². The van der Waals surface area contributed by atoms with Crippen LogP contribution in [0.5, 0.6) is 5.75 Å². The minimum atomic E-state index is -0.695. The average molecular weight is 400 g/mol. The molecule has 0 saturated heterocycles. The molecule has 0 heterocycles. The first-order chi connectivity index (χ1) is 13.6. The van der Waals surface area contributed by atoms with Crippen LogP contribution in [-0.2, 0) is 21.5 Å². The van der Waals surface area contributed by atoms with Gasteiger partial charge in [-0.1, -0.05) is 51.1 Å². The molecule has 0 aliphatic rings. The summed E-state index contributed by atoms with van der Waals surface area (Å²) in [6, 6.07) is 12.8. The van der Waals surface area contributed by atoms with E-state index in [4.69, 9.17) is 4.74 Å². The van der Waals surface area contributed by atoms with Gasteiger partial charge < -0.3 is 15.0 Å². The number of para-hydroxylation sites is 1. The largest absolute Gasteiger partial charge is 0.483 e. The molecule has 0 fully saturated rings. The molecule has 0 aliphatic heterocycles. The molecule has 2 aromatic carbocycles. The van der Waals surface area contributed by atoms with Crippen molar-refractivity contribution in [2.24, 2.45) is 0 Å². The Morgan fingerprint density at radius 1 is 1.10 bits per heavy atom. The van der Waals surface area contributed by atoms with Crippen molar-refractivity contribution in [1.29, 1.82) is 0 Å². The predicted octanol–water partition coefficient (Wildman–Crippen LogP) is 3.67. The second-order valence-electron chi connectivity index (χ2n) is 7.97. The van der Waals surface area contributed by atoms with Gasteiger partial charge in [-0.3, -0.25) is 9.59 Å². The Morgan fingerprint density at radius 3 is 2.31 bits per heavy atom. The van der Waals surface area contributed by atoms with E-state index >= 15 is 0 Å². The number of likely N-dealkylation sites (N-methyl/N-ethyl adjacent to an activating group) is 1. The Labute approximate surface area is 171 Å². The minimum absolute atomic E-state index is 0.136. The van der Waals surface area contributed by atoms with Crippen LogP contribution in [0.4, 0.5) is 4.39 Å². The third-order valence-electron chi connectivity index (χ3n) is 4.73. The lowest BCUT2D eigenvalue weighted by molar-refractivity contribution is -0.142. The van der Waals surface area contributed by atoms with Gasteiger partial charge in [0.1, 0.15) is 17.6 Å². The van der Waals surface area contributed by atoms with Gasteiger partial charge in [-0.05, 0) is 41.7 Å². The van der Waals surface area contributed by atoms with Crippen LogP contribution >= 0.6 is 0 Å². The zero-order valence-corrected chi connectivity index (χ0v) is 17.7. The van der Waals surface area contributed by atoms with E-state index in [0.717, 1.165) is 11.1 Å². The third kappa shape index (κ3) is 6.04. The van der Waals surface area contributed by atoms with Gasteiger partial charge in [0.2, 0.25) is 5.91 Å². The van der Waals surface area contributed by atoms with Crippen molar-refractivity contribution >= 4 is 11.8 Å². The Balaban J connectivity index is 2.19. The Morgan fingerprint density at radius 2 is 1.72 bits per heavy atom. The maximum absolute atomic E-state index is 13.2. The quantitative estimate of drug-likeness (QED) is 0.772. The number of hydrogen-bond donors (Lipinski definition) is 1. The molecule has 6 heteroatoms. The van der Waals surface area contributed by atoms with Crippen LogP contribution in [0.15, 0.2) is 48.5 Å². The second kappa shape index (κ2) is 9.54. The Hall–Kier alpha value is -2.89. The minimum Gasteiger partial charge on any atom is -0.483 e. The molecule has 2 amide bonds. The Kier molecular flexibility index (Phi) is 7.37. The molecule has 2 rings (SSSR count). The summed E-state index contributed by atoms with van der Waals surface area (Å²) in [4.78, 5) is 26.5. The zero-order chi connectivity index (χ0) is 21.6. The molecule has 0 bridgehead atoms. The summed E-state index contributed by atoms with van der Waals surface area (Å²) in [6.07, 6.45) is 0. The van der Waals surface area contributed by atoms with Crippen molar-refractivity contribution in [2.75, 3.05) is 13.7 Å². The van der Waals surface area contributed by atoms with Gasteiger partial charge >= 0.3 is 0 Å². The molecule has 0 aromatic heterocycles. The molecule has 5 nitrogen and oxygen atoms in total. The fraction of sp³-hybridized carbons (Fsp3) is 0.391. The van der Waals surface area contributed by atoms with Gasteiger partial charge in [-0.2, -0.15) is 0 Å². The monoisotopic (exact) mass is 400 g/mol. The lowest BCUT2D eigenvalue weighted by Gasteiger charge is -2.29. The van der Waals surface area contributed by atoms with Gasteiger partial charge in [-0.25, -0.2) is 4.39 Å². The molecular weight excluding hydrogens is 371 g/mol. The van der Waals surface area contributed by atoms with Gasteiger partial charge in [-0.15, -0.1) is 0 Å². The molecule has 156 valence electrons. The number of nitrogens with zero attached hydrogens (tertiary/aromatic N) is 1. The molecule has 0 aliphatic carbocycles. The van der Waals surface area contributed by atoms with Crippen molar-refractivity contribution in [3.8, 4) is 5.75 Å². The van der Waals surface area contributed by atoms with Crippen LogP contribution in [0.25, 0.3) is 0 Å². The van der Waals surface area contributed by atoms with Crippen LogP contribution in [0.3, 0.4) is 0 Å². The van der Waals surface area contributed by atoms with E-state index in [-0.39, 0.29) is 36.2 Å². The standard InChI is InChI=1S/C23H29FN2O3/c1-16(22(28)25-5)26(14-17-10-12-18(24)13-11-17)21(27)15-29-20-9-7-6-8-19(20)23(2,3)4/h6-13,16H,14-15H2,1-5H3,(H,25,28)/t16-/m0/s1. The van der Waals surface area contributed by atoms with Gasteiger partial charge in [0.25, 0.3) is 5.91 Å². The average Bonchev–Trinajstić information content (AvgIpc) is 2.70. The first-order valence-electron chi connectivity index (χ1n) is 9.61. The number of carbonyl (C=O) groups is 2. The highest BCUT2D eigenvalue weighted by Gasteiger charge is 2.26. The van der Waals surface area contributed by atoms with Crippen LogP contribution in [-0.4, -0.2) is 36.4 Å². The number of ether oxygens (including phenoxy) is 1. The molecule has 1 N–H and O–H groups in total. The smallest absolute Gasteiger partial charge is 0.261 e. The van der Waals surface area contributed by atoms with E-state index in [1.807, 2.05) is 24.3 Å². The second-order valence-corrected chi connectivity index (χ2v) is 7.97. The maximum Gasteiger partial charge on any atom is 0.261 e. The van der Waals surface area contributed by atoms with Crippen molar-refractivity contribution in [3.63, 3.8) is 0 Å².